The van der Waals surface area contributed by atoms with Crippen LogP contribution in [0.15, 0.2) is 24.3 Å². The molecule has 0 aromatic rings. The highest BCUT2D eigenvalue weighted by Gasteiger charge is 1.74. The van der Waals surface area contributed by atoms with E-state index >= 15 is 0 Å². The molecule has 0 amide bonds. The van der Waals surface area contributed by atoms with E-state index in [4.69, 9.17) is 5.26 Å². The van der Waals surface area contributed by atoms with E-state index in [0.29, 0.717) is 6.42 Å². The molecule has 0 aliphatic carbocycles. The molecule has 0 aliphatic rings. The van der Waals surface area contributed by atoms with Gasteiger partial charge in [0, 0.05) is 6.42 Å². The summed E-state index contributed by atoms with van der Waals surface area (Å²) in [5, 5.41) is 8.17. The monoisotopic (exact) mass is 135 g/mol. The quantitative estimate of drug-likeness (QED) is 0.429. The van der Waals surface area contributed by atoms with Gasteiger partial charge in [-0.3, -0.25) is 0 Å². The fourth-order valence-electron chi connectivity index (χ4n) is 0.577. The number of unbranched alkanes of at least 4 members (excludes halogenated alkanes) is 1. The average molecular weight is 135 g/mol. The first-order valence-electron chi connectivity index (χ1n) is 3.55. The summed E-state index contributed by atoms with van der Waals surface area (Å²) in [6, 6.07) is 2.09. The van der Waals surface area contributed by atoms with Crippen molar-refractivity contribution in [2.24, 2.45) is 0 Å². The number of rotatable bonds is 4. The van der Waals surface area contributed by atoms with Crippen LogP contribution in [-0.4, -0.2) is 0 Å². The van der Waals surface area contributed by atoms with Gasteiger partial charge in [0.25, 0.3) is 0 Å². The predicted octanol–water partition coefficient (Wildman–Crippen LogP) is 2.81. The zero-order chi connectivity index (χ0) is 7.66. The summed E-state index contributed by atoms with van der Waals surface area (Å²) in [4.78, 5) is 0. The zero-order valence-corrected chi connectivity index (χ0v) is 6.38. The van der Waals surface area contributed by atoms with E-state index in [2.05, 4.69) is 18.2 Å². The molecule has 0 atom stereocenters. The second kappa shape index (κ2) is 7.97. The van der Waals surface area contributed by atoms with Gasteiger partial charge in [-0.15, -0.1) is 0 Å². The van der Waals surface area contributed by atoms with Gasteiger partial charge in [-0.2, -0.15) is 5.26 Å². The fraction of sp³-hybridized carbons (Fsp3) is 0.444. The second-order valence-electron chi connectivity index (χ2n) is 1.97. The maximum atomic E-state index is 8.17. The van der Waals surface area contributed by atoms with Crippen molar-refractivity contribution in [3.05, 3.63) is 24.3 Å². The van der Waals surface area contributed by atoms with Crippen LogP contribution >= 0.6 is 0 Å². The van der Waals surface area contributed by atoms with Crippen LogP contribution in [0.4, 0.5) is 0 Å². The SMILES string of the molecule is C/C=C/C/C=C/CCC#N. The maximum absolute atomic E-state index is 8.17. The highest BCUT2D eigenvalue weighted by Crippen LogP contribution is 1.91. The van der Waals surface area contributed by atoms with E-state index in [1.165, 1.54) is 0 Å². The van der Waals surface area contributed by atoms with Crippen molar-refractivity contribution in [3.8, 4) is 6.07 Å². The third-order valence-corrected chi connectivity index (χ3v) is 1.10. The molecule has 0 spiro atoms. The van der Waals surface area contributed by atoms with Gasteiger partial charge in [0.05, 0.1) is 6.07 Å². The molecule has 0 unspecified atom stereocenters. The second-order valence-corrected chi connectivity index (χ2v) is 1.97. The van der Waals surface area contributed by atoms with Crippen molar-refractivity contribution in [2.45, 2.75) is 26.2 Å². The van der Waals surface area contributed by atoms with E-state index in [1.54, 1.807) is 0 Å². The number of nitriles is 1. The lowest BCUT2D eigenvalue weighted by Gasteiger charge is -1.80. The molecule has 0 fully saturated rings. The molecule has 1 nitrogen and oxygen atoms in total. The van der Waals surface area contributed by atoms with Crippen LogP contribution in [0.5, 0.6) is 0 Å². The fourth-order valence-corrected chi connectivity index (χ4v) is 0.577. The van der Waals surface area contributed by atoms with E-state index in [1.807, 2.05) is 19.1 Å². The Morgan fingerprint density at radius 2 is 2.10 bits per heavy atom. The standard InChI is InChI=1S/C9H13N/c1-2-3-4-5-6-7-8-9-10/h2-3,5-6H,4,7-8H2,1H3/b3-2+,6-5+. The third kappa shape index (κ3) is 6.97. The molecule has 0 bridgehead atoms. The lowest BCUT2D eigenvalue weighted by atomic mass is 10.3. The first kappa shape index (κ1) is 8.97. The van der Waals surface area contributed by atoms with Gasteiger partial charge in [0.1, 0.15) is 0 Å². The first-order valence-corrected chi connectivity index (χ1v) is 3.55. The first-order chi connectivity index (χ1) is 4.91. The normalized spacial score (nSPS) is 10.8. The number of allylic oxidation sites excluding steroid dienone is 4. The van der Waals surface area contributed by atoms with Crippen molar-refractivity contribution in [2.75, 3.05) is 0 Å². The molecule has 10 heavy (non-hydrogen) atoms. The average Bonchev–Trinajstić information content (AvgIpc) is 1.97. The molecular weight excluding hydrogens is 122 g/mol. The minimum absolute atomic E-state index is 0.631. The third-order valence-electron chi connectivity index (χ3n) is 1.10. The number of nitrogens with zero attached hydrogens (tertiary/aromatic N) is 1. The molecule has 0 saturated heterocycles. The smallest absolute Gasteiger partial charge is 0.0624 e. The Morgan fingerprint density at radius 3 is 2.70 bits per heavy atom. The highest BCUT2D eigenvalue weighted by atomic mass is 14.2. The zero-order valence-electron chi connectivity index (χ0n) is 6.38. The van der Waals surface area contributed by atoms with Crippen LogP contribution in [0.1, 0.15) is 26.2 Å². The Labute approximate surface area is 62.7 Å². The van der Waals surface area contributed by atoms with Gasteiger partial charge < -0.3 is 0 Å². The molecule has 0 heterocycles. The van der Waals surface area contributed by atoms with Crippen molar-refractivity contribution in [1.82, 2.24) is 0 Å². The summed E-state index contributed by atoms with van der Waals surface area (Å²) in [6.45, 7) is 2.00. The van der Waals surface area contributed by atoms with Gasteiger partial charge >= 0.3 is 0 Å². The Hall–Kier alpha value is -1.03. The van der Waals surface area contributed by atoms with Gasteiger partial charge in [0.15, 0.2) is 0 Å². The Morgan fingerprint density at radius 1 is 1.30 bits per heavy atom. The summed E-state index contributed by atoms with van der Waals surface area (Å²) in [6.07, 6.45) is 10.7. The highest BCUT2D eigenvalue weighted by molar-refractivity contribution is 4.92. The molecule has 0 aliphatic heterocycles. The summed E-state index contributed by atoms with van der Waals surface area (Å²) < 4.78 is 0. The van der Waals surface area contributed by atoms with Crippen molar-refractivity contribution < 1.29 is 0 Å². The largest absolute Gasteiger partial charge is 0.198 e. The van der Waals surface area contributed by atoms with Crippen molar-refractivity contribution in [1.29, 1.82) is 5.26 Å². The molecule has 0 radical (unpaired) electrons. The molecule has 54 valence electrons. The van der Waals surface area contributed by atoms with E-state index in [0.717, 1.165) is 12.8 Å². The van der Waals surface area contributed by atoms with Crippen LogP contribution in [0.25, 0.3) is 0 Å². The van der Waals surface area contributed by atoms with Crippen LogP contribution in [0.3, 0.4) is 0 Å². The van der Waals surface area contributed by atoms with Crippen LogP contribution in [-0.2, 0) is 0 Å². The summed E-state index contributed by atoms with van der Waals surface area (Å²) in [5.74, 6) is 0. The number of hydrogen-bond acceptors (Lipinski definition) is 1. The maximum Gasteiger partial charge on any atom is 0.0624 e. The van der Waals surface area contributed by atoms with Crippen molar-refractivity contribution >= 4 is 0 Å². The van der Waals surface area contributed by atoms with Gasteiger partial charge in [-0.05, 0) is 19.8 Å². The Balaban J connectivity index is 3.14. The van der Waals surface area contributed by atoms with Crippen molar-refractivity contribution in [3.63, 3.8) is 0 Å². The predicted molar refractivity (Wildman–Crippen MR) is 43.4 cm³/mol. The van der Waals surface area contributed by atoms with Crippen LogP contribution in [0, 0.1) is 11.3 Å². The lowest BCUT2D eigenvalue weighted by Crippen LogP contribution is -1.63. The van der Waals surface area contributed by atoms with E-state index in [9.17, 15) is 0 Å². The van der Waals surface area contributed by atoms with Crippen LogP contribution < -0.4 is 0 Å². The minimum Gasteiger partial charge on any atom is -0.198 e. The van der Waals surface area contributed by atoms with Gasteiger partial charge in [0.2, 0.25) is 0 Å². The summed E-state index contributed by atoms with van der Waals surface area (Å²) >= 11 is 0. The molecule has 0 saturated carbocycles. The lowest BCUT2D eigenvalue weighted by molar-refractivity contribution is 1.05. The Bertz CT molecular complexity index is 149. The molecule has 0 aromatic heterocycles. The summed E-state index contributed by atoms with van der Waals surface area (Å²) in [7, 11) is 0. The molecule has 0 N–H and O–H groups in total. The van der Waals surface area contributed by atoms with Gasteiger partial charge in [-0.1, -0.05) is 24.3 Å². The molecule has 0 rings (SSSR count). The van der Waals surface area contributed by atoms with E-state index < -0.39 is 0 Å². The minimum atomic E-state index is 0.631. The van der Waals surface area contributed by atoms with Gasteiger partial charge in [-0.25, -0.2) is 0 Å². The number of hydrogen-bond donors (Lipinski definition) is 0. The summed E-state index contributed by atoms with van der Waals surface area (Å²) in [5.41, 5.74) is 0. The van der Waals surface area contributed by atoms with E-state index in [-0.39, 0.29) is 0 Å². The molecule has 1 heteroatoms. The van der Waals surface area contributed by atoms with Crippen LogP contribution in [0.2, 0.25) is 0 Å². The Kier molecular flexibility index (Phi) is 7.15. The molecular formula is C9H13N. The topological polar surface area (TPSA) is 23.8 Å². The molecule has 0 aromatic carbocycles.